The molecule has 4 rings (SSSR count). The number of ether oxygens (including phenoxy) is 4. The highest BCUT2D eigenvalue weighted by atomic mass is 32.2. The summed E-state index contributed by atoms with van der Waals surface area (Å²) in [5.74, 6) is 1.25. The van der Waals surface area contributed by atoms with Gasteiger partial charge in [0, 0.05) is 24.4 Å². The fourth-order valence-electron chi connectivity index (χ4n) is 3.88. The molecule has 3 aromatic carbocycles. The fraction of sp³-hybridized carbons (Fsp3) is 0.259. The monoisotopic (exact) mass is 571 g/mol. The van der Waals surface area contributed by atoms with Crippen LogP contribution in [0.25, 0.3) is 10.2 Å². The number of anilines is 1. The van der Waals surface area contributed by atoms with E-state index < -0.39 is 15.9 Å². The number of carbonyl (C=O) groups is 1. The lowest BCUT2D eigenvalue weighted by molar-refractivity contribution is 0.0996. The van der Waals surface area contributed by atoms with Crippen molar-refractivity contribution in [2.75, 3.05) is 39.3 Å². The van der Waals surface area contributed by atoms with Crippen molar-refractivity contribution in [2.45, 2.75) is 18.4 Å². The van der Waals surface area contributed by atoms with Gasteiger partial charge in [-0.3, -0.25) is 9.52 Å². The van der Waals surface area contributed by atoms with Gasteiger partial charge < -0.3 is 23.5 Å². The molecule has 0 fully saturated rings. The zero-order chi connectivity index (χ0) is 28.0. The molecule has 1 heterocycles. The Labute approximate surface area is 230 Å². The van der Waals surface area contributed by atoms with Crippen molar-refractivity contribution in [2.24, 2.45) is 4.99 Å². The molecule has 0 spiro atoms. The van der Waals surface area contributed by atoms with Crippen molar-refractivity contribution in [3.63, 3.8) is 0 Å². The molecule has 0 unspecified atom stereocenters. The van der Waals surface area contributed by atoms with Crippen LogP contribution in [0.5, 0.6) is 17.2 Å². The zero-order valence-corrected chi connectivity index (χ0v) is 23.6. The van der Waals surface area contributed by atoms with Gasteiger partial charge in [0.25, 0.3) is 15.9 Å². The lowest BCUT2D eigenvalue weighted by Gasteiger charge is -2.10. The van der Waals surface area contributed by atoms with Crippen LogP contribution < -0.4 is 23.7 Å². The Kier molecular flexibility index (Phi) is 8.90. The Bertz CT molecular complexity index is 1640. The number of fused-ring (bicyclic) bond motifs is 1. The maximum atomic E-state index is 13.3. The molecule has 4 aromatic rings. The third-order valence-corrected chi connectivity index (χ3v) is 8.27. The fourth-order valence-corrected chi connectivity index (χ4v) is 6.10. The summed E-state index contributed by atoms with van der Waals surface area (Å²) in [6.45, 7) is 3.30. The number of hydrogen-bond acceptors (Lipinski definition) is 8. The lowest BCUT2D eigenvalue weighted by atomic mass is 10.2. The van der Waals surface area contributed by atoms with Crippen molar-refractivity contribution in [3.8, 4) is 17.2 Å². The summed E-state index contributed by atoms with van der Waals surface area (Å²) in [5, 5.41) is 0. The molecule has 0 aliphatic heterocycles. The molecular formula is C27H29N3O7S2. The first kappa shape index (κ1) is 28.1. The van der Waals surface area contributed by atoms with Gasteiger partial charge in [-0.25, -0.2) is 8.42 Å². The van der Waals surface area contributed by atoms with Crippen LogP contribution in [0, 0.1) is 0 Å². The van der Waals surface area contributed by atoms with E-state index in [2.05, 4.69) is 9.71 Å². The minimum absolute atomic E-state index is 0.0632. The summed E-state index contributed by atoms with van der Waals surface area (Å²) in [4.78, 5) is 18.2. The molecule has 0 aliphatic rings. The second-order valence-corrected chi connectivity index (χ2v) is 10.8. The van der Waals surface area contributed by atoms with Crippen molar-refractivity contribution in [3.05, 3.63) is 71.0 Å². The van der Waals surface area contributed by atoms with E-state index in [1.54, 1.807) is 56.7 Å². The molecule has 0 radical (unpaired) electrons. The normalized spacial score (nSPS) is 11.9. The van der Waals surface area contributed by atoms with Crippen LogP contribution in [-0.2, 0) is 21.3 Å². The summed E-state index contributed by atoms with van der Waals surface area (Å²) in [6, 6.07) is 15.8. The first-order valence-corrected chi connectivity index (χ1v) is 14.3. The minimum atomic E-state index is -3.88. The maximum Gasteiger partial charge on any atom is 0.279 e. The summed E-state index contributed by atoms with van der Waals surface area (Å²) in [5.41, 5.74) is 1.20. The maximum absolute atomic E-state index is 13.3. The van der Waals surface area contributed by atoms with Gasteiger partial charge in [-0.15, -0.1) is 0 Å². The van der Waals surface area contributed by atoms with E-state index >= 15 is 0 Å². The van der Waals surface area contributed by atoms with E-state index in [0.717, 1.165) is 10.2 Å². The lowest BCUT2D eigenvalue weighted by Crippen LogP contribution is -2.20. The Balaban J connectivity index is 1.71. The van der Waals surface area contributed by atoms with Gasteiger partial charge in [0.05, 0.1) is 32.8 Å². The Morgan fingerprint density at radius 1 is 0.974 bits per heavy atom. The second-order valence-electron chi connectivity index (χ2n) is 8.16. The number of nitrogens with zero attached hydrogens (tertiary/aromatic N) is 2. The molecule has 0 saturated heterocycles. The highest BCUT2D eigenvalue weighted by Crippen LogP contribution is 2.35. The van der Waals surface area contributed by atoms with Crippen LogP contribution in [0.1, 0.15) is 17.3 Å². The molecule has 1 N–H and O–H groups in total. The standard InChI is InChI=1S/C27H29N3O7S2/c1-5-37-16-15-30-24-22(35-3)13-14-23(36-4)25(24)38-27(30)28-26(31)18-7-6-8-19(17-18)29-39(32,33)21-11-9-20(34-2)10-12-21/h6-14,17,29H,5,15-16H2,1-4H3. The molecule has 0 bridgehead atoms. The number of amides is 1. The average molecular weight is 572 g/mol. The van der Waals surface area contributed by atoms with Crippen molar-refractivity contribution < 1.29 is 32.2 Å². The number of thiazole rings is 1. The van der Waals surface area contributed by atoms with E-state index in [4.69, 9.17) is 18.9 Å². The Morgan fingerprint density at radius 3 is 2.36 bits per heavy atom. The van der Waals surface area contributed by atoms with Crippen molar-refractivity contribution in [1.29, 1.82) is 0 Å². The van der Waals surface area contributed by atoms with E-state index in [-0.39, 0.29) is 16.1 Å². The van der Waals surface area contributed by atoms with Gasteiger partial charge in [-0.05, 0) is 61.5 Å². The molecule has 1 aromatic heterocycles. The van der Waals surface area contributed by atoms with Crippen molar-refractivity contribution in [1.82, 2.24) is 4.57 Å². The number of aromatic nitrogens is 1. The van der Waals surface area contributed by atoms with Gasteiger partial charge >= 0.3 is 0 Å². The van der Waals surface area contributed by atoms with Crippen LogP contribution in [-0.4, -0.2) is 53.4 Å². The molecule has 0 saturated carbocycles. The number of carbonyl (C=O) groups excluding carboxylic acids is 1. The van der Waals surface area contributed by atoms with Crippen LogP contribution in [0.2, 0.25) is 0 Å². The first-order chi connectivity index (χ1) is 18.8. The molecule has 39 heavy (non-hydrogen) atoms. The van der Waals surface area contributed by atoms with Gasteiger partial charge in [-0.1, -0.05) is 17.4 Å². The second kappa shape index (κ2) is 12.3. The SMILES string of the molecule is CCOCCn1c(=NC(=O)c2cccc(NS(=O)(=O)c3ccc(OC)cc3)c2)sc2c(OC)ccc(OC)c21. The summed E-state index contributed by atoms with van der Waals surface area (Å²) in [6.07, 6.45) is 0. The third-order valence-electron chi connectivity index (χ3n) is 5.78. The number of sulfonamides is 1. The zero-order valence-electron chi connectivity index (χ0n) is 22.0. The summed E-state index contributed by atoms with van der Waals surface area (Å²) < 4.78 is 52.6. The predicted octanol–water partition coefficient (Wildman–Crippen LogP) is 4.31. The molecule has 0 atom stereocenters. The van der Waals surface area contributed by atoms with Crippen LogP contribution in [0.4, 0.5) is 5.69 Å². The quantitative estimate of drug-likeness (QED) is 0.267. The van der Waals surface area contributed by atoms with Crippen LogP contribution >= 0.6 is 11.3 Å². The molecule has 1 amide bonds. The van der Waals surface area contributed by atoms with Gasteiger partial charge in [0.2, 0.25) is 0 Å². The van der Waals surface area contributed by atoms with Crippen molar-refractivity contribution >= 4 is 43.2 Å². The van der Waals surface area contributed by atoms with E-state index in [9.17, 15) is 13.2 Å². The molecule has 206 valence electrons. The van der Waals surface area contributed by atoms with E-state index in [1.807, 2.05) is 11.5 Å². The van der Waals surface area contributed by atoms with E-state index in [0.29, 0.717) is 41.8 Å². The van der Waals surface area contributed by atoms with Gasteiger partial charge in [-0.2, -0.15) is 4.99 Å². The average Bonchev–Trinajstić information content (AvgIpc) is 3.30. The number of nitrogens with one attached hydrogen (secondary N) is 1. The number of rotatable bonds is 11. The number of methoxy groups -OCH3 is 3. The molecule has 0 aliphatic carbocycles. The van der Waals surface area contributed by atoms with E-state index in [1.165, 1.54) is 36.6 Å². The Morgan fingerprint density at radius 2 is 1.69 bits per heavy atom. The summed E-state index contributed by atoms with van der Waals surface area (Å²) >= 11 is 1.29. The van der Waals surface area contributed by atoms with Crippen LogP contribution in [0.3, 0.4) is 0 Å². The highest BCUT2D eigenvalue weighted by molar-refractivity contribution is 7.92. The van der Waals surface area contributed by atoms with Crippen LogP contribution in [0.15, 0.2) is 70.6 Å². The number of hydrogen-bond donors (Lipinski definition) is 1. The van der Waals surface area contributed by atoms with Gasteiger partial charge in [0.1, 0.15) is 27.5 Å². The summed E-state index contributed by atoms with van der Waals surface area (Å²) in [7, 11) is 0.769. The third kappa shape index (κ3) is 6.24. The predicted molar refractivity (Wildman–Crippen MR) is 150 cm³/mol. The van der Waals surface area contributed by atoms with Gasteiger partial charge in [0.15, 0.2) is 4.80 Å². The smallest absolute Gasteiger partial charge is 0.279 e. The molecular weight excluding hydrogens is 542 g/mol. The largest absolute Gasteiger partial charge is 0.497 e. The Hall–Kier alpha value is -3.87. The topological polar surface area (TPSA) is 117 Å². The highest BCUT2D eigenvalue weighted by Gasteiger charge is 2.18. The minimum Gasteiger partial charge on any atom is -0.497 e. The molecule has 10 nitrogen and oxygen atoms in total. The molecule has 12 heteroatoms. The first-order valence-electron chi connectivity index (χ1n) is 12.0. The number of benzene rings is 3.